The van der Waals surface area contributed by atoms with E-state index in [-0.39, 0.29) is 11.5 Å². The van der Waals surface area contributed by atoms with Crippen LogP contribution in [0.5, 0.6) is 0 Å². The molecule has 1 saturated heterocycles. The number of piperazine rings is 1. The minimum atomic E-state index is -1.10. The van der Waals surface area contributed by atoms with Gasteiger partial charge in [-0.15, -0.1) is 0 Å². The lowest BCUT2D eigenvalue weighted by molar-refractivity contribution is -0.110. The maximum absolute atomic E-state index is 13.8. The Morgan fingerprint density at radius 3 is 2.41 bits per heavy atom. The summed E-state index contributed by atoms with van der Waals surface area (Å²) in [6.07, 6.45) is 1.77. The highest BCUT2D eigenvalue weighted by Gasteiger charge is 2.29. The molecule has 0 saturated carbocycles. The van der Waals surface area contributed by atoms with Crippen LogP contribution in [0, 0.1) is 5.82 Å². The van der Waals surface area contributed by atoms with Crippen molar-refractivity contribution < 1.29 is 23.9 Å². The van der Waals surface area contributed by atoms with Crippen LogP contribution in [0.4, 0.5) is 15.8 Å². The van der Waals surface area contributed by atoms with Gasteiger partial charge in [-0.2, -0.15) is 0 Å². The van der Waals surface area contributed by atoms with E-state index in [1.54, 1.807) is 29.0 Å². The van der Waals surface area contributed by atoms with Crippen molar-refractivity contribution >= 4 is 51.3 Å². The number of hydrogen-bond acceptors (Lipinski definition) is 6. The lowest BCUT2D eigenvalue weighted by atomic mass is 9.99. The van der Waals surface area contributed by atoms with Crippen molar-refractivity contribution in [3.05, 3.63) is 95.4 Å². The van der Waals surface area contributed by atoms with Crippen LogP contribution in [0.2, 0.25) is 0 Å². The van der Waals surface area contributed by atoms with Gasteiger partial charge in [0.05, 0.1) is 34.6 Å². The number of nitrogens with zero attached hydrogens (tertiary/aromatic N) is 3. The number of hydrogen-bond donors (Lipinski definition) is 3. The smallest absolute Gasteiger partial charge is 0.335 e. The summed E-state index contributed by atoms with van der Waals surface area (Å²) in [5.41, 5.74) is 3.74. The molecule has 3 N–H and O–H groups in total. The van der Waals surface area contributed by atoms with Gasteiger partial charge in [-0.3, -0.25) is 19.1 Å². The first-order valence-electron chi connectivity index (χ1n) is 13.3. The molecule has 0 bridgehead atoms. The molecule has 0 atom stereocenters. The number of carboxylic acid groups (broad SMARTS) is 1. The Morgan fingerprint density at radius 2 is 1.68 bits per heavy atom. The summed E-state index contributed by atoms with van der Waals surface area (Å²) in [5.74, 6) is -1.92. The van der Waals surface area contributed by atoms with E-state index in [4.69, 9.17) is 0 Å². The summed E-state index contributed by atoms with van der Waals surface area (Å²) in [7, 11) is 2.08. The molecule has 3 aromatic carbocycles. The number of carbonyl (C=O) groups excluding carboxylic acids is 2. The second-order valence-corrected chi connectivity index (χ2v) is 10.3. The average Bonchev–Trinajstić information content (AvgIpc) is 3.53. The predicted molar refractivity (Wildman–Crippen MR) is 155 cm³/mol. The number of likely N-dealkylation sites (N-methyl/N-ethyl adjacent to an activating group) is 1. The summed E-state index contributed by atoms with van der Waals surface area (Å²) in [5, 5.41) is 16.3. The van der Waals surface area contributed by atoms with Gasteiger partial charge in [-0.1, -0.05) is 6.07 Å². The topological polar surface area (TPSA) is 107 Å². The molecule has 10 heteroatoms. The van der Waals surface area contributed by atoms with Crippen LogP contribution in [-0.2, 0) is 4.79 Å². The molecule has 4 aromatic rings. The molecular formula is C31H28FN5O4. The van der Waals surface area contributed by atoms with E-state index in [1.807, 2.05) is 24.3 Å². The third-order valence-electron chi connectivity index (χ3n) is 7.58. The third kappa shape index (κ3) is 5.22. The zero-order valence-electron chi connectivity index (χ0n) is 22.4. The SMILES string of the molecule is CN1CCN(CC(=O)n2ccc3cc(N/C(=C4\C(=O)Nc5cc(C(=O)O)ccc54)c4ccc(F)cc4)ccc32)CC1. The summed E-state index contributed by atoms with van der Waals surface area (Å²) in [6, 6.07) is 17.7. The number of halogens is 1. The number of fused-ring (bicyclic) bond motifs is 2. The Morgan fingerprint density at radius 1 is 0.951 bits per heavy atom. The molecule has 3 heterocycles. The number of carbonyl (C=O) groups is 3. The molecule has 2 aliphatic rings. The molecule has 9 nitrogen and oxygen atoms in total. The molecule has 0 radical (unpaired) electrons. The zero-order chi connectivity index (χ0) is 28.7. The van der Waals surface area contributed by atoms with Crippen molar-refractivity contribution in [1.29, 1.82) is 0 Å². The lowest BCUT2D eigenvalue weighted by Crippen LogP contribution is -2.46. The molecule has 1 amide bonds. The van der Waals surface area contributed by atoms with Gasteiger partial charge in [-0.25, -0.2) is 9.18 Å². The Labute approximate surface area is 235 Å². The van der Waals surface area contributed by atoms with Crippen molar-refractivity contribution in [1.82, 2.24) is 14.4 Å². The van der Waals surface area contributed by atoms with Crippen LogP contribution in [-0.4, -0.2) is 77.0 Å². The Kier molecular flexibility index (Phi) is 6.86. The van der Waals surface area contributed by atoms with Crippen LogP contribution in [0.15, 0.2) is 72.9 Å². The van der Waals surface area contributed by atoms with Gasteiger partial charge in [0.25, 0.3) is 5.91 Å². The van der Waals surface area contributed by atoms with E-state index >= 15 is 0 Å². The molecule has 208 valence electrons. The fourth-order valence-electron chi connectivity index (χ4n) is 5.31. The van der Waals surface area contributed by atoms with Crippen LogP contribution in [0.3, 0.4) is 0 Å². The fourth-order valence-corrected chi connectivity index (χ4v) is 5.31. The minimum absolute atomic E-state index is 0.000606. The number of benzene rings is 3. The van der Waals surface area contributed by atoms with Crippen LogP contribution >= 0.6 is 0 Å². The van der Waals surface area contributed by atoms with Gasteiger partial charge >= 0.3 is 5.97 Å². The predicted octanol–water partition coefficient (Wildman–Crippen LogP) is 4.30. The number of anilines is 2. The highest BCUT2D eigenvalue weighted by Crippen LogP contribution is 2.38. The van der Waals surface area contributed by atoms with Crippen LogP contribution in [0.25, 0.3) is 22.2 Å². The Balaban J connectivity index is 1.34. The van der Waals surface area contributed by atoms with E-state index in [9.17, 15) is 23.9 Å². The molecule has 6 rings (SSSR count). The number of amides is 1. The standard InChI is InChI=1S/C31H28FN5O4/c1-35-12-14-36(15-13-35)18-27(38)37-11-10-20-16-23(7-9-26(20)37)33-29(19-2-5-22(32)6-3-19)28-24-8-4-21(31(40)41)17-25(24)34-30(28)39/h2-11,16-17,33H,12-15,18H2,1H3,(H,34,39)(H,40,41)/b29-28-. The van der Waals surface area contributed by atoms with E-state index in [1.165, 1.54) is 24.3 Å². The molecule has 0 spiro atoms. The maximum atomic E-state index is 13.8. The monoisotopic (exact) mass is 553 g/mol. The van der Waals surface area contributed by atoms with Gasteiger partial charge in [0.15, 0.2) is 0 Å². The van der Waals surface area contributed by atoms with E-state index in [0.29, 0.717) is 40.3 Å². The molecule has 1 aromatic heterocycles. The summed E-state index contributed by atoms with van der Waals surface area (Å²) in [6.45, 7) is 3.92. The number of aromatic carboxylic acids is 1. The molecular weight excluding hydrogens is 525 g/mol. The number of rotatable bonds is 6. The number of nitrogens with one attached hydrogen (secondary N) is 2. The van der Waals surface area contributed by atoms with Crippen molar-refractivity contribution in [3.63, 3.8) is 0 Å². The molecule has 2 aliphatic heterocycles. The number of carboxylic acids is 1. The largest absolute Gasteiger partial charge is 0.478 e. The molecule has 41 heavy (non-hydrogen) atoms. The van der Waals surface area contributed by atoms with Gasteiger partial charge in [0.1, 0.15) is 5.82 Å². The first-order chi connectivity index (χ1) is 19.8. The minimum Gasteiger partial charge on any atom is -0.478 e. The van der Waals surface area contributed by atoms with E-state index < -0.39 is 17.7 Å². The quantitative estimate of drug-likeness (QED) is 0.306. The molecule has 1 fully saturated rings. The summed E-state index contributed by atoms with van der Waals surface area (Å²) < 4.78 is 15.5. The van der Waals surface area contributed by atoms with Crippen LogP contribution < -0.4 is 10.6 Å². The van der Waals surface area contributed by atoms with Gasteiger partial charge in [-0.05, 0) is 73.3 Å². The Bertz CT molecular complexity index is 1720. The maximum Gasteiger partial charge on any atom is 0.335 e. The first kappa shape index (κ1) is 26.4. The van der Waals surface area contributed by atoms with Crippen LogP contribution in [0.1, 0.15) is 26.3 Å². The summed E-state index contributed by atoms with van der Waals surface area (Å²) in [4.78, 5) is 42.2. The summed E-state index contributed by atoms with van der Waals surface area (Å²) >= 11 is 0. The van der Waals surface area contributed by atoms with Crippen molar-refractivity contribution in [2.75, 3.05) is 50.4 Å². The van der Waals surface area contributed by atoms with Crippen molar-refractivity contribution in [2.24, 2.45) is 0 Å². The molecule has 0 unspecified atom stereocenters. The second-order valence-electron chi connectivity index (χ2n) is 10.3. The lowest BCUT2D eigenvalue weighted by Gasteiger charge is -2.31. The second kappa shape index (κ2) is 10.6. The number of aromatic nitrogens is 1. The highest BCUT2D eigenvalue weighted by molar-refractivity contribution is 6.37. The first-order valence-corrected chi connectivity index (χ1v) is 13.3. The van der Waals surface area contributed by atoms with Crippen molar-refractivity contribution in [3.8, 4) is 0 Å². The fraction of sp³-hybridized carbons (Fsp3) is 0.194. The normalized spacial score (nSPS) is 16.9. The van der Waals surface area contributed by atoms with Gasteiger partial charge in [0, 0.05) is 49.0 Å². The molecule has 0 aliphatic carbocycles. The zero-order valence-corrected chi connectivity index (χ0v) is 22.4. The average molecular weight is 554 g/mol. The van der Waals surface area contributed by atoms with Gasteiger partial charge in [0.2, 0.25) is 5.91 Å². The highest BCUT2D eigenvalue weighted by atomic mass is 19.1. The third-order valence-corrected chi connectivity index (χ3v) is 7.58. The van der Waals surface area contributed by atoms with E-state index in [0.717, 1.165) is 37.1 Å². The Hall–Kier alpha value is -4.80. The van der Waals surface area contributed by atoms with Crippen molar-refractivity contribution in [2.45, 2.75) is 0 Å². The van der Waals surface area contributed by atoms with E-state index in [2.05, 4.69) is 27.5 Å². The van der Waals surface area contributed by atoms with Gasteiger partial charge < -0.3 is 20.6 Å².